The van der Waals surface area contributed by atoms with Crippen LogP contribution in [0, 0.1) is 0 Å². The minimum absolute atomic E-state index is 0.160. The minimum atomic E-state index is -0.433. The summed E-state index contributed by atoms with van der Waals surface area (Å²) in [6, 6.07) is 16.1. The van der Waals surface area contributed by atoms with Crippen molar-refractivity contribution in [3.63, 3.8) is 0 Å². The molecule has 0 aliphatic rings. The number of hydrogen-bond acceptors (Lipinski definition) is 5. The van der Waals surface area contributed by atoms with Gasteiger partial charge in [-0.05, 0) is 42.0 Å². The van der Waals surface area contributed by atoms with Gasteiger partial charge in [-0.3, -0.25) is 9.59 Å². The molecular weight excluding hydrogens is 322 g/mol. The van der Waals surface area contributed by atoms with Crippen LogP contribution >= 0.6 is 0 Å². The Morgan fingerprint density at radius 1 is 1.00 bits per heavy atom. The van der Waals surface area contributed by atoms with Gasteiger partial charge < -0.3 is 14.8 Å². The van der Waals surface area contributed by atoms with Gasteiger partial charge in [-0.2, -0.15) is 5.10 Å². The van der Waals surface area contributed by atoms with Gasteiger partial charge in [-0.1, -0.05) is 18.2 Å². The molecule has 130 valence electrons. The number of ether oxygens (including phenoxy) is 2. The van der Waals surface area contributed by atoms with Crippen LogP contribution in [0.1, 0.15) is 5.56 Å². The number of carbonyl (C=O) groups excluding carboxylic acids is 2. The number of amides is 2. The summed E-state index contributed by atoms with van der Waals surface area (Å²) in [6.07, 6.45) is 1.50. The van der Waals surface area contributed by atoms with E-state index in [1.54, 1.807) is 43.5 Å². The van der Waals surface area contributed by atoms with Gasteiger partial charge in [0.25, 0.3) is 11.8 Å². The molecule has 2 aromatic carbocycles. The van der Waals surface area contributed by atoms with Gasteiger partial charge in [-0.25, -0.2) is 5.43 Å². The van der Waals surface area contributed by atoms with Gasteiger partial charge in [0.15, 0.2) is 6.61 Å². The van der Waals surface area contributed by atoms with E-state index in [2.05, 4.69) is 15.8 Å². The van der Waals surface area contributed by atoms with E-state index in [0.29, 0.717) is 5.75 Å². The molecule has 2 N–H and O–H groups in total. The molecule has 0 fully saturated rings. The molecule has 0 saturated heterocycles. The molecule has 2 amide bonds. The van der Waals surface area contributed by atoms with Crippen LogP contribution in [0.3, 0.4) is 0 Å². The molecule has 0 heterocycles. The van der Waals surface area contributed by atoms with Crippen LogP contribution in [0.15, 0.2) is 59.7 Å². The SMILES string of the molecule is COc1ccc(/C=N\NC(=O)CNC(=O)COc2ccccc2)cc1. The third kappa shape index (κ3) is 6.74. The highest BCUT2D eigenvalue weighted by Gasteiger charge is 2.05. The lowest BCUT2D eigenvalue weighted by molar-refractivity contribution is -0.127. The fourth-order valence-corrected chi connectivity index (χ4v) is 1.80. The van der Waals surface area contributed by atoms with Crippen molar-refractivity contribution in [2.75, 3.05) is 20.3 Å². The third-order valence-corrected chi connectivity index (χ3v) is 3.08. The zero-order chi connectivity index (χ0) is 17.9. The van der Waals surface area contributed by atoms with Crippen molar-refractivity contribution < 1.29 is 19.1 Å². The van der Waals surface area contributed by atoms with Crippen LogP contribution in [0.4, 0.5) is 0 Å². The van der Waals surface area contributed by atoms with E-state index >= 15 is 0 Å². The number of rotatable bonds is 8. The Morgan fingerprint density at radius 2 is 1.72 bits per heavy atom. The highest BCUT2D eigenvalue weighted by atomic mass is 16.5. The fourth-order valence-electron chi connectivity index (χ4n) is 1.80. The van der Waals surface area contributed by atoms with Gasteiger partial charge in [-0.15, -0.1) is 0 Å². The largest absolute Gasteiger partial charge is 0.497 e. The van der Waals surface area contributed by atoms with Gasteiger partial charge >= 0.3 is 0 Å². The van der Waals surface area contributed by atoms with E-state index in [0.717, 1.165) is 11.3 Å². The number of benzene rings is 2. The molecule has 7 heteroatoms. The monoisotopic (exact) mass is 341 g/mol. The predicted molar refractivity (Wildman–Crippen MR) is 93.7 cm³/mol. The van der Waals surface area contributed by atoms with Crippen LogP contribution in [-0.4, -0.2) is 38.3 Å². The summed E-state index contributed by atoms with van der Waals surface area (Å²) in [4.78, 5) is 23.2. The maximum atomic E-state index is 11.6. The molecule has 0 atom stereocenters. The van der Waals surface area contributed by atoms with Crippen molar-refractivity contribution in [2.45, 2.75) is 0 Å². The average molecular weight is 341 g/mol. The summed E-state index contributed by atoms with van der Waals surface area (Å²) < 4.78 is 10.3. The normalized spacial score (nSPS) is 10.3. The molecule has 25 heavy (non-hydrogen) atoms. The van der Waals surface area contributed by atoms with Crippen LogP contribution in [0.2, 0.25) is 0 Å². The number of methoxy groups -OCH3 is 1. The van der Waals surface area contributed by atoms with E-state index in [1.807, 2.05) is 18.2 Å². The van der Waals surface area contributed by atoms with Gasteiger partial charge in [0.2, 0.25) is 0 Å². The highest BCUT2D eigenvalue weighted by molar-refractivity contribution is 5.86. The van der Waals surface area contributed by atoms with Crippen molar-refractivity contribution in [1.29, 1.82) is 0 Å². The van der Waals surface area contributed by atoms with E-state index in [9.17, 15) is 9.59 Å². The maximum absolute atomic E-state index is 11.6. The van der Waals surface area contributed by atoms with Crippen LogP contribution in [0.5, 0.6) is 11.5 Å². The summed E-state index contributed by atoms with van der Waals surface area (Å²) in [5.41, 5.74) is 3.14. The second kappa shape index (κ2) is 9.71. The zero-order valence-corrected chi connectivity index (χ0v) is 13.8. The van der Waals surface area contributed by atoms with E-state index < -0.39 is 11.8 Å². The van der Waals surface area contributed by atoms with Crippen molar-refractivity contribution >= 4 is 18.0 Å². The molecule has 0 aliphatic carbocycles. The summed E-state index contributed by atoms with van der Waals surface area (Å²) >= 11 is 0. The zero-order valence-electron chi connectivity index (χ0n) is 13.8. The summed E-state index contributed by atoms with van der Waals surface area (Å²) in [5.74, 6) is 0.503. The molecule has 0 aliphatic heterocycles. The maximum Gasteiger partial charge on any atom is 0.259 e. The Kier molecular flexibility index (Phi) is 6.99. The molecule has 2 aromatic rings. The van der Waals surface area contributed by atoms with Crippen LogP contribution < -0.4 is 20.2 Å². The highest BCUT2D eigenvalue weighted by Crippen LogP contribution is 2.09. The Bertz CT molecular complexity index is 715. The van der Waals surface area contributed by atoms with Gasteiger partial charge in [0.05, 0.1) is 19.9 Å². The molecular formula is C18H19N3O4. The smallest absolute Gasteiger partial charge is 0.259 e. The lowest BCUT2D eigenvalue weighted by Crippen LogP contribution is -2.37. The Balaban J connectivity index is 1.65. The molecule has 0 saturated carbocycles. The standard InChI is InChI=1S/C18H19N3O4/c1-24-15-9-7-14(8-10-15)11-20-21-17(22)12-19-18(23)13-25-16-5-3-2-4-6-16/h2-11H,12-13H2,1H3,(H,19,23)(H,21,22)/b20-11-. The third-order valence-electron chi connectivity index (χ3n) is 3.08. The second-order valence-electron chi connectivity index (χ2n) is 4.94. The summed E-state index contributed by atoms with van der Waals surface area (Å²) in [6.45, 7) is -0.344. The lowest BCUT2D eigenvalue weighted by Gasteiger charge is -2.06. The van der Waals surface area contributed by atoms with Gasteiger partial charge in [0, 0.05) is 0 Å². The molecule has 7 nitrogen and oxygen atoms in total. The first-order chi connectivity index (χ1) is 12.2. The number of para-hydroxylation sites is 1. The first kappa shape index (κ1) is 18.0. The quantitative estimate of drug-likeness (QED) is 0.560. The molecule has 2 rings (SSSR count). The Labute approximate surface area is 145 Å². The fraction of sp³-hybridized carbons (Fsp3) is 0.167. The van der Waals surface area contributed by atoms with E-state index in [4.69, 9.17) is 9.47 Å². The number of hydrogen-bond donors (Lipinski definition) is 2. The Morgan fingerprint density at radius 3 is 2.40 bits per heavy atom. The van der Waals surface area contributed by atoms with Crippen molar-refractivity contribution in [2.24, 2.45) is 5.10 Å². The van der Waals surface area contributed by atoms with Crippen LogP contribution in [0.25, 0.3) is 0 Å². The molecule has 0 aromatic heterocycles. The van der Waals surface area contributed by atoms with Crippen molar-refractivity contribution in [1.82, 2.24) is 10.7 Å². The number of nitrogens with one attached hydrogen (secondary N) is 2. The first-order valence-electron chi connectivity index (χ1n) is 7.58. The number of carbonyl (C=O) groups is 2. The predicted octanol–water partition coefficient (Wildman–Crippen LogP) is 1.34. The average Bonchev–Trinajstić information content (AvgIpc) is 2.66. The van der Waals surface area contributed by atoms with E-state index in [-0.39, 0.29) is 13.2 Å². The summed E-state index contributed by atoms with van der Waals surface area (Å²) in [5, 5.41) is 6.27. The molecule has 0 spiro atoms. The number of hydrazone groups is 1. The number of nitrogens with zero attached hydrogens (tertiary/aromatic N) is 1. The molecule has 0 unspecified atom stereocenters. The Hall–Kier alpha value is -3.35. The second-order valence-corrected chi connectivity index (χ2v) is 4.94. The van der Waals surface area contributed by atoms with Crippen molar-refractivity contribution in [3.05, 3.63) is 60.2 Å². The van der Waals surface area contributed by atoms with Crippen molar-refractivity contribution in [3.8, 4) is 11.5 Å². The first-order valence-corrected chi connectivity index (χ1v) is 7.58. The van der Waals surface area contributed by atoms with Crippen LogP contribution in [-0.2, 0) is 9.59 Å². The lowest BCUT2D eigenvalue weighted by atomic mass is 10.2. The van der Waals surface area contributed by atoms with E-state index in [1.165, 1.54) is 6.21 Å². The topological polar surface area (TPSA) is 89.0 Å². The minimum Gasteiger partial charge on any atom is -0.497 e. The molecule has 0 radical (unpaired) electrons. The van der Waals surface area contributed by atoms with Gasteiger partial charge in [0.1, 0.15) is 11.5 Å². The molecule has 0 bridgehead atoms. The summed E-state index contributed by atoms with van der Waals surface area (Å²) in [7, 11) is 1.59.